The number of nitrogens with two attached hydrogens (primary N) is 1. The SMILES string of the molecule is C/C(=N\Nc1nc(C)nc2sc(-c3ccccc3)cc12)c1csc(N)n1. The summed E-state index contributed by atoms with van der Waals surface area (Å²) in [6.45, 7) is 3.76. The Morgan fingerprint density at radius 3 is 2.69 bits per heavy atom. The van der Waals surface area contributed by atoms with E-state index in [1.165, 1.54) is 11.3 Å². The lowest BCUT2D eigenvalue weighted by Gasteiger charge is -2.03. The number of rotatable bonds is 4. The molecular formula is C18H16N6S2. The van der Waals surface area contributed by atoms with Gasteiger partial charge < -0.3 is 5.73 Å². The number of nitrogen functional groups attached to an aromatic ring is 1. The zero-order chi connectivity index (χ0) is 18.1. The molecule has 0 radical (unpaired) electrons. The summed E-state index contributed by atoms with van der Waals surface area (Å²) in [5.41, 5.74) is 11.4. The van der Waals surface area contributed by atoms with E-state index in [-0.39, 0.29) is 0 Å². The first-order chi connectivity index (χ1) is 12.6. The number of hydrazone groups is 1. The van der Waals surface area contributed by atoms with Crippen LogP contribution in [0.5, 0.6) is 0 Å². The maximum Gasteiger partial charge on any atom is 0.180 e. The molecule has 0 spiro atoms. The summed E-state index contributed by atoms with van der Waals surface area (Å²) in [4.78, 5) is 15.4. The molecule has 0 saturated carbocycles. The fourth-order valence-electron chi connectivity index (χ4n) is 2.51. The van der Waals surface area contributed by atoms with Crippen LogP contribution in [0.2, 0.25) is 0 Å². The predicted molar refractivity (Wildman–Crippen MR) is 110 cm³/mol. The van der Waals surface area contributed by atoms with Crippen molar-refractivity contribution in [2.75, 3.05) is 11.2 Å². The molecule has 26 heavy (non-hydrogen) atoms. The van der Waals surface area contributed by atoms with E-state index < -0.39 is 0 Å². The summed E-state index contributed by atoms with van der Waals surface area (Å²) >= 11 is 3.04. The zero-order valence-electron chi connectivity index (χ0n) is 14.2. The summed E-state index contributed by atoms with van der Waals surface area (Å²) in [5, 5.41) is 7.79. The van der Waals surface area contributed by atoms with Crippen LogP contribution in [0.4, 0.5) is 10.9 Å². The van der Waals surface area contributed by atoms with Gasteiger partial charge in [-0.2, -0.15) is 5.10 Å². The van der Waals surface area contributed by atoms with Crippen molar-refractivity contribution in [3.05, 3.63) is 53.3 Å². The molecule has 0 amide bonds. The van der Waals surface area contributed by atoms with Crippen molar-refractivity contribution in [2.45, 2.75) is 13.8 Å². The van der Waals surface area contributed by atoms with Gasteiger partial charge in [-0.05, 0) is 25.5 Å². The first-order valence-corrected chi connectivity index (χ1v) is 9.65. The van der Waals surface area contributed by atoms with Gasteiger partial charge in [0.2, 0.25) is 0 Å². The Morgan fingerprint density at radius 2 is 1.96 bits per heavy atom. The molecule has 0 aliphatic heterocycles. The Bertz CT molecular complexity index is 1100. The smallest absolute Gasteiger partial charge is 0.180 e. The summed E-state index contributed by atoms with van der Waals surface area (Å²) in [6.07, 6.45) is 0. The molecule has 0 unspecified atom stereocenters. The first-order valence-electron chi connectivity index (χ1n) is 7.95. The van der Waals surface area contributed by atoms with Crippen LogP contribution in [0.1, 0.15) is 18.4 Å². The number of nitrogens with zero attached hydrogens (tertiary/aromatic N) is 4. The number of hydrogen-bond donors (Lipinski definition) is 2. The van der Waals surface area contributed by atoms with Crippen LogP contribution < -0.4 is 11.2 Å². The van der Waals surface area contributed by atoms with Gasteiger partial charge in [0, 0.05) is 10.3 Å². The summed E-state index contributed by atoms with van der Waals surface area (Å²) in [7, 11) is 0. The number of nitrogens with one attached hydrogen (secondary N) is 1. The van der Waals surface area contributed by atoms with Crippen molar-refractivity contribution in [1.29, 1.82) is 0 Å². The average Bonchev–Trinajstić information content (AvgIpc) is 3.26. The number of hydrogen-bond acceptors (Lipinski definition) is 8. The van der Waals surface area contributed by atoms with E-state index in [9.17, 15) is 0 Å². The van der Waals surface area contributed by atoms with Gasteiger partial charge in [-0.1, -0.05) is 30.3 Å². The van der Waals surface area contributed by atoms with Crippen LogP contribution in [0.3, 0.4) is 0 Å². The van der Waals surface area contributed by atoms with Gasteiger partial charge in [-0.25, -0.2) is 15.0 Å². The predicted octanol–water partition coefficient (Wildman–Crippen LogP) is 4.54. The highest BCUT2D eigenvalue weighted by molar-refractivity contribution is 7.21. The monoisotopic (exact) mass is 380 g/mol. The van der Waals surface area contributed by atoms with Crippen LogP contribution in [-0.2, 0) is 0 Å². The number of fused-ring (bicyclic) bond motifs is 1. The van der Waals surface area contributed by atoms with Crippen molar-refractivity contribution in [3.8, 4) is 10.4 Å². The van der Waals surface area contributed by atoms with Gasteiger partial charge in [0.05, 0.1) is 16.8 Å². The Morgan fingerprint density at radius 1 is 1.15 bits per heavy atom. The molecular weight excluding hydrogens is 364 g/mol. The van der Waals surface area contributed by atoms with Gasteiger partial charge in [0.25, 0.3) is 0 Å². The minimum Gasteiger partial charge on any atom is -0.375 e. The quantitative estimate of drug-likeness (QED) is 0.401. The number of aryl methyl sites for hydroxylation is 1. The van der Waals surface area contributed by atoms with Gasteiger partial charge in [-0.3, -0.25) is 5.43 Å². The molecule has 6 nitrogen and oxygen atoms in total. The Kier molecular flexibility index (Phi) is 4.36. The number of benzene rings is 1. The third-order valence-electron chi connectivity index (χ3n) is 3.78. The van der Waals surface area contributed by atoms with E-state index in [1.807, 2.05) is 37.4 Å². The Labute approximate surface area is 158 Å². The molecule has 4 aromatic rings. The topological polar surface area (TPSA) is 89.1 Å². The maximum atomic E-state index is 5.69. The lowest BCUT2D eigenvalue weighted by molar-refractivity contribution is 1.08. The molecule has 1 aromatic carbocycles. The average molecular weight is 381 g/mol. The van der Waals surface area contributed by atoms with Crippen LogP contribution >= 0.6 is 22.7 Å². The summed E-state index contributed by atoms with van der Waals surface area (Å²) < 4.78 is 0. The van der Waals surface area contributed by atoms with E-state index in [0.29, 0.717) is 16.8 Å². The number of thiazole rings is 1. The molecule has 4 rings (SSSR count). The van der Waals surface area contributed by atoms with Crippen molar-refractivity contribution in [1.82, 2.24) is 15.0 Å². The molecule has 8 heteroatoms. The highest BCUT2D eigenvalue weighted by atomic mass is 32.1. The molecule has 3 aromatic heterocycles. The van der Waals surface area contributed by atoms with E-state index in [2.05, 4.69) is 43.7 Å². The maximum absolute atomic E-state index is 5.69. The van der Waals surface area contributed by atoms with E-state index in [1.54, 1.807) is 11.3 Å². The number of anilines is 2. The molecule has 0 bridgehead atoms. The van der Waals surface area contributed by atoms with Gasteiger partial charge >= 0.3 is 0 Å². The second-order valence-electron chi connectivity index (χ2n) is 5.69. The van der Waals surface area contributed by atoms with Gasteiger partial charge in [-0.15, -0.1) is 22.7 Å². The fourth-order valence-corrected chi connectivity index (χ4v) is 4.19. The number of thiophene rings is 1. The van der Waals surface area contributed by atoms with Crippen molar-refractivity contribution >= 4 is 49.6 Å². The molecule has 3 N–H and O–H groups in total. The second-order valence-corrected chi connectivity index (χ2v) is 7.62. The lowest BCUT2D eigenvalue weighted by Crippen LogP contribution is -2.03. The molecule has 0 fully saturated rings. The molecule has 0 aliphatic rings. The standard InChI is InChI=1S/C18H16N6S2/c1-10(14-9-25-18(19)22-14)23-24-16-13-8-15(12-6-4-3-5-7-12)26-17(13)21-11(2)20-16/h3-9H,1-2H3,(H2,19,22)(H,20,21,24)/b23-10+. The molecule has 130 valence electrons. The normalized spacial score (nSPS) is 11.8. The van der Waals surface area contributed by atoms with Gasteiger partial charge in [0.1, 0.15) is 10.7 Å². The summed E-state index contributed by atoms with van der Waals surface area (Å²) in [6, 6.07) is 12.4. The third kappa shape index (κ3) is 3.29. The van der Waals surface area contributed by atoms with Crippen LogP contribution in [0, 0.1) is 6.92 Å². The van der Waals surface area contributed by atoms with Crippen molar-refractivity contribution < 1.29 is 0 Å². The van der Waals surface area contributed by atoms with Crippen molar-refractivity contribution in [3.63, 3.8) is 0 Å². The van der Waals surface area contributed by atoms with Crippen LogP contribution in [-0.4, -0.2) is 20.7 Å². The highest BCUT2D eigenvalue weighted by Crippen LogP contribution is 2.35. The van der Waals surface area contributed by atoms with E-state index in [0.717, 1.165) is 32.1 Å². The molecule has 0 atom stereocenters. The molecule has 0 aliphatic carbocycles. The fraction of sp³-hybridized carbons (Fsp3) is 0.111. The molecule has 3 heterocycles. The number of aromatic nitrogens is 3. The van der Waals surface area contributed by atoms with Crippen LogP contribution in [0.15, 0.2) is 46.9 Å². The Hall–Kier alpha value is -2.84. The first kappa shape index (κ1) is 16.6. The van der Waals surface area contributed by atoms with E-state index in [4.69, 9.17) is 5.73 Å². The minimum absolute atomic E-state index is 0.528. The van der Waals surface area contributed by atoms with Crippen LogP contribution in [0.25, 0.3) is 20.7 Å². The van der Waals surface area contributed by atoms with Gasteiger partial charge in [0.15, 0.2) is 10.9 Å². The highest BCUT2D eigenvalue weighted by Gasteiger charge is 2.12. The van der Waals surface area contributed by atoms with E-state index >= 15 is 0 Å². The zero-order valence-corrected chi connectivity index (χ0v) is 15.9. The molecule has 0 saturated heterocycles. The largest absolute Gasteiger partial charge is 0.375 e. The lowest BCUT2D eigenvalue weighted by atomic mass is 10.2. The minimum atomic E-state index is 0.528. The third-order valence-corrected chi connectivity index (χ3v) is 5.54. The second kappa shape index (κ2) is 6.81. The Balaban J connectivity index is 1.71. The van der Waals surface area contributed by atoms with Crippen molar-refractivity contribution in [2.24, 2.45) is 5.10 Å². The summed E-state index contributed by atoms with van der Waals surface area (Å²) in [5.74, 6) is 1.39.